The summed E-state index contributed by atoms with van der Waals surface area (Å²) in [7, 11) is 0. The van der Waals surface area contributed by atoms with E-state index in [9.17, 15) is 19.2 Å². The van der Waals surface area contributed by atoms with Crippen LogP contribution in [-0.4, -0.2) is 72.1 Å². The van der Waals surface area contributed by atoms with Crippen molar-refractivity contribution in [3.63, 3.8) is 0 Å². The van der Waals surface area contributed by atoms with Gasteiger partial charge in [0.1, 0.15) is 17.7 Å². The highest BCUT2D eigenvalue weighted by molar-refractivity contribution is 7.98. The number of benzene rings is 1. The Hall–Kier alpha value is -2.75. The van der Waals surface area contributed by atoms with Gasteiger partial charge in [-0.15, -0.1) is 0 Å². The topological polar surface area (TPSA) is 114 Å². The predicted octanol–water partition coefficient (Wildman–Crippen LogP) is 5.24. The van der Waals surface area contributed by atoms with Gasteiger partial charge in [-0.05, 0) is 58.1 Å². The molecule has 0 saturated heterocycles. The first-order valence-corrected chi connectivity index (χ1v) is 15.7. The maximum atomic E-state index is 14.1. The van der Waals surface area contributed by atoms with Gasteiger partial charge >= 0.3 is 12.1 Å². The number of alkyl carbamates (subject to hydrolysis) is 1. The Bertz CT molecular complexity index is 906. The third kappa shape index (κ3) is 14.1. The van der Waals surface area contributed by atoms with Crippen LogP contribution in [0.15, 0.2) is 30.3 Å². The highest BCUT2D eigenvalue weighted by Crippen LogP contribution is 2.24. The largest absolute Gasteiger partial charge is 0.466 e. The number of esters is 1. The van der Waals surface area contributed by atoms with E-state index in [2.05, 4.69) is 17.6 Å². The minimum Gasteiger partial charge on any atom is -0.466 e. The van der Waals surface area contributed by atoms with E-state index in [4.69, 9.17) is 9.47 Å². The molecule has 2 N–H and O–H groups in total. The molecule has 0 fully saturated rings. The van der Waals surface area contributed by atoms with E-state index in [1.807, 2.05) is 36.6 Å². The quantitative estimate of drug-likeness (QED) is 0.181. The molecule has 0 saturated carbocycles. The molecule has 10 heteroatoms. The van der Waals surface area contributed by atoms with Crippen LogP contribution in [-0.2, 0) is 23.9 Å². The summed E-state index contributed by atoms with van der Waals surface area (Å²) < 4.78 is 10.4. The Balaban J connectivity index is 3.33. The number of hydrogen-bond donors (Lipinski definition) is 2. The van der Waals surface area contributed by atoms with Crippen LogP contribution in [0.2, 0.25) is 0 Å². The fourth-order valence-electron chi connectivity index (χ4n) is 4.12. The van der Waals surface area contributed by atoms with Gasteiger partial charge in [0.2, 0.25) is 11.8 Å². The molecule has 0 aromatic heterocycles. The maximum absolute atomic E-state index is 14.1. The second kappa shape index (κ2) is 19.3. The molecule has 226 valence electrons. The molecular formula is C30H49N3O6S. The molecule has 0 bridgehead atoms. The minimum atomic E-state index is -0.931. The van der Waals surface area contributed by atoms with Crippen LogP contribution in [0.3, 0.4) is 0 Å². The summed E-state index contributed by atoms with van der Waals surface area (Å²) in [6, 6.07) is 7.32. The summed E-state index contributed by atoms with van der Waals surface area (Å²) in [5.74, 6) is -0.497. The zero-order chi connectivity index (χ0) is 30.0. The van der Waals surface area contributed by atoms with Gasteiger partial charge < -0.3 is 25.0 Å². The predicted molar refractivity (Wildman–Crippen MR) is 160 cm³/mol. The van der Waals surface area contributed by atoms with E-state index in [-0.39, 0.29) is 25.5 Å². The van der Waals surface area contributed by atoms with Gasteiger partial charge in [0.15, 0.2) is 0 Å². The fourth-order valence-corrected chi connectivity index (χ4v) is 4.59. The number of rotatable bonds is 18. The molecular weight excluding hydrogens is 530 g/mol. The number of carbonyl (C=O) groups excluding carboxylic acids is 4. The molecule has 1 aromatic carbocycles. The van der Waals surface area contributed by atoms with Crippen LogP contribution >= 0.6 is 11.8 Å². The van der Waals surface area contributed by atoms with Crippen molar-refractivity contribution in [2.24, 2.45) is 0 Å². The normalized spacial score (nSPS) is 12.7. The smallest absolute Gasteiger partial charge is 0.408 e. The number of hydrogen-bond acceptors (Lipinski definition) is 7. The van der Waals surface area contributed by atoms with Crippen LogP contribution in [0, 0.1) is 0 Å². The Labute approximate surface area is 244 Å². The van der Waals surface area contributed by atoms with E-state index >= 15 is 0 Å². The summed E-state index contributed by atoms with van der Waals surface area (Å²) >= 11 is 1.57. The van der Waals surface area contributed by atoms with Crippen LogP contribution in [0.4, 0.5) is 4.79 Å². The standard InChI is InChI=1S/C30H49N3O6S/c1-7-9-10-11-15-21-33(28(36)24(19-22-40-6)32-29(37)39-30(3,4)5)26(23-16-13-12-14-17-23)27(35)31-20-18-25(34)38-8-2/h12-14,16-17,24,26H,7-11,15,18-22H2,1-6H3,(H,31,35)(H,32,37). The van der Waals surface area contributed by atoms with Crippen LogP contribution < -0.4 is 10.6 Å². The fraction of sp³-hybridized carbons (Fsp3) is 0.667. The van der Waals surface area contributed by atoms with Crippen LogP contribution in [0.5, 0.6) is 0 Å². The molecule has 9 nitrogen and oxygen atoms in total. The lowest BCUT2D eigenvalue weighted by atomic mass is 10.0. The zero-order valence-corrected chi connectivity index (χ0v) is 25.9. The average Bonchev–Trinajstić information content (AvgIpc) is 2.89. The number of thioether (sulfide) groups is 1. The maximum Gasteiger partial charge on any atom is 0.408 e. The Morgan fingerprint density at radius 3 is 2.27 bits per heavy atom. The Morgan fingerprint density at radius 1 is 1.00 bits per heavy atom. The van der Waals surface area contributed by atoms with Crippen LogP contribution in [0.25, 0.3) is 0 Å². The van der Waals surface area contributed by atoms with E-state index in [0.717, 1.165) is 25.7 Å². The van der Waals surface area contributed by atoms with E-state index in [1.54, 1.807) is 44.4 Å². The van der Waals surface area contributed by atoms with Gasteiger partial charge in [-0.1, -0.05) is 62.9 Å². The summed E-state index contributed by atoms with van der Waals surface area (Å²) in [6.45, 7) is 9.86. The molecule has 0 aliphatic heterocycles. The van der Waals surface area contributed by atoms with Crippen molar-refractivity contribution >= 4 is 35.6 Å². The number of amides is 3. The van der Waals surface area contributed by atoms with E-state index < -0.39 is 35.7 Å². The van der Waals surface area contributed by atoms with Crippen molar-refractivity contribution in [3.8, 4) is 0 Å². The lowest BCUT2D eigenvalue weighted by Gasteiger charge is -2.34. The second-order valence-electron chi connectivity index (χ2n) is 10.6. The van der Waals surface area contributed by atoms with Gasteiger partial charge in [-0.2, -0.15) is 11.8 Å². The number of unbranched alkanes of at least 4 members (excludes halogenated alkanes) is 4. The van der Waals surface area contributed by atoms with Crippen molar-refractivity contribution in [2.75, 3.05) is 31.7 Å². The number of carbonyl (C=O) groups is 4. The molecule has 0 aliphatic carbocycles. The number of ether oxygens (including phenoxy) is 2. The highest BCUT2D eigenvalue weighted by Gasteiger charge is 2.35. The number of nitrogens with one attached hydrogen (secondary N) is 2. The average molecular weight is 580 g/mol. The Morgan fingerprint density at radius 2 is 1.68 bits per heavy atom. The van der Waals surface area contributed by atoms with E-state index in [0.29, 0.717) is 30.7 Å². The SMILES string of the molecule is CCCCCCCN(C(=O)C(CCSC)NC(=O)OC(C)(C)C)C(C(=O)NCCC(=O)OCC)c1ccccc1. The van der Waals surface area contributed by atoms with Crippen molar-refractivity contribution in [1.82, 2.24) is 15.5 Å². The molecule has 40 heavy (non-hydrogen) atoms. The first-order valence-electron chi connectivity index (χ1n) is 14.3. The van der Waals surface area contributed by atoms with Gasteiger partial charge in [0.25, 0.3) is 0 Å². The Kier molecular flexibility index (Phi) is 17.1. The minimum absolute atomic E-state index is 0.0304. The van der Waals surface area contributed by atoms with Gasteiger partial charge in [-0.3, -0.25) is 14.4 Å². The molecule has 1 rings (SSSR count). The zero-order valence-electron chi connectivity index (χ0n) is 25.1. The van der Waals surface area contributed by atoms with Crippen molar-refractivity contribution < 1.29 is 28.7 Å². The van der Waals surface area contributed by atoms with Gasteiger partial charge in [0, 0.05) is 13.1 Å². The molecule has 1 aromatic rings. The molecule has 0 spiro atoms. The first-order chi connectivity index (χ1) is 19.0. The van der Waals surface area contributed by atoms with Gasteiger partial charge in [0.05, 0.1) is 13.0 Å². The summed E-state index contributed by atoms with van der Waals surface area (Å²) in [5, 5.41) is 5.58. The molecule has 0 aliphatic rings. The number of nitrogens with zero attached hydrogens (tertiary/aromatic N) is 1. The van der Waals surface area contributed by atoms with Crippen molar-refractivity contribution in [1.29, 1.82) is 0 Å². The lowest BCUT2D eigenvalue weighted by Crippen LogP contribution is -2.53. The molecule has 0 heterocycles. The van der Waals surface area contributed by atoms with Crippen molar-refractivity contribution in [3.05, 3.63) is 35.9 Å². The summed E-state index contributed by atoms with van der Waals surface area (Å²) in [4.78, 5) is 53.9. The third-order valence-electron chi connectivity index (χ3n) is 5.99. The molecule has 2 unspecified atom stereocenters. The molecule has 2 atom stereocenters. The van der Waals surface area contributed by atoms with Crippen molar-refractivity contribution in [2.45, 2.75) is 97.2 Å². The third-order valence-corrected chi connectivity index (χ3v) is 6.64. The lowest BCUT2D eigenvalue weighted by molar-refractivity contribution is -0.144. The summed E-state index contributed by atoms with van der Waals surface area (Å²) in [5.41, 5.74) is -0.0689. The molecule has 0 radical (unpaired) electrons. The van der Waals surface area contributed by atoms with Gasteiger partial charge in [-0.25, -0.2) is 4.79 Å². The monoisotopic (exact) mass is 579 g/mol. The van der Waals surface area contributed by atoms with E-state index in [1.165, 1.54) is 0 Å². The summed E-state index contributed by atoms with van der Waals surface area (Å²) in [6.07, 6.45) is 6.53. The van der Waals surface area contributed by atoms with Crippen LogP contribution in [0.1, 0.15) is 91.2 Å². The molecule has 3 amide bonds. The first kappa shape index (κ1) is 35.3. The second-order valence-corrected chi connectivity index (χ2v) is 11.6. The highest BCUT2D eigenvalue weighted by atomic mass is 32.2.